The third kappa shape index (κ3) is 6.45. The first kappa shape index (κ1) is 24.2. The highest BCUT2D eigenvalue weighted by molar-refractivity contribution is 6.13. The fourth-order valence-electron chi connectivity index (χ4n) is 2.84. The molecule has 0 aromatic heterocycles. The van der Waals surface area contributed by atoms with Crippen LogP contribution in [0, 0.1) is 0 Å². The van der Waals surface area contributed by atoms with Gasteiger partial charge in [0.25, 0.3) is 23.6 Å². The zero-order chi connectivity index (χ0) is 23.4. The van der Waals surface area contributed by atoms with Crippen molar-refractivity contribution in [2.24, 2.45) is 0 Å². The molecule has 0 saturated carbocycles. The lowest BCUT2D eigenvalue weighted by Gasteiger charge is -2.29. The van der Waals surface area contributed by atoms with Crippen molar-refractivity contribution in [2.45, 2.75) is 64.5 Å². The first-order valence-corrected chi connectivity index (χ1v) is 9.89. The highest BCUT2D eigenvalue weighted by Gasteiger charge is 2.39. The zero-order valence-corrected chi connectivity index (χ0v) is 18.1. The Hall–Kier alpha value is -3.08. The van der Waals surface area contributed by atoms with Crippen molar-refractivity contribution >= 4 is 35.5 Å². The van der Waals surface area contributed by atoms with Crippen LogP contribution in [0.1, 0.15) is 53.4 Å². The number of amides is 5. The van der Waals surface area contributed by atoms with Crippen molar-refractivity contribution in [3.05, 3.63) is 12.2 Å². The van der Waals surface area contributed by atoms with Gasteiger partial charge in [-0.1, -0.05) is 0 Å². The van der Waals surface area contributed by atoms with Gasteiger partial charge in [-0.25, -0.2) is 4.79 Å². The Morgan fingerprint density at radius 3 is 2.10 bits per heavy atom. The fourth-order valence-corrected chi connectivity index (χ4v) is 2.84. The molecule has 0 aliphatic carbocycles. The normalized spacial score (nSPS) is 17.0. The van der Waals surface area contributed by atoms with E-state index in [0.29, 0.717) is 11.5 Å². The molecule has 1 saturated heterocycles. The van der Waals surface area contributed by atoms with Crippen LogP contribution in [0.3, 0.4) is 0 Å². The van der Waals surface area contributed by atoms with E-state index in [2.05, 4.69) is 5.32 Å². The van der Waals surface area contributed by atoms with Crippen molar-refractivity contribution in [1.29, 1.82) is 0 Å². The number of carbonyl (C=O) groups excluding carboxylic acids is 6. The monoisotopic (exact) mass is 437 g/mol. The van der Waals surface area contributed by atoms with Gasteiger partial charge in [-0.05, 0) is 34.1 Å². The number of imide groups is 2. The average Bonchev–Trinajstić information content (AvgIpc) is 3.14. The van der Waals surface area contributed by atoms with E-state index in [0.717, 1.165) is 17.1 Å². The van der Waals surface area contributed by atoms with Gasteiger partial charge < -0.3 is 14.9 Å². The SMILES string of the molecule is CC(C)(CCOC(C)(C)C(=O)ON1C(=O)CCC1=O)NC(=O)CCN1C(=O)C=CC1=O. The molecular formula is C20H27N3O8. The lowest BCUT2D eigenvalue weighted by molar-refractivity contribution is -0.212. The van der Waals surface area contributed by atoms with Gasteiger partial charge in [-0.2, -0.15) is 0 Å². The summed E-state index contributed by atoms with van der Waals surface area (Å²) in [6.07, 6.45) is 2.60. The van der Waals surface area contributed by atoms with E-state index in [4.69, 9.17) is 9.57 Å². The summed E-state index contributed by atoms with van der Waals surface area (Å²) in [5.74, 6) is -3.28. The molecule has 0 unspecified atom stereocenters. The molecule has 31 heavy (non-hydrogen) atoms. The highest BCUT2D eigenvalue weighted by Crippen LogP contribution is 2.19. The molecule has 0 bridgehead atoms. The molecule has 170 valence electrons. The van der Waals surface area contributed by atoms with Crippen LogP contribution in [0.5, 0.6) is 0 Å². The van der Waals surface area contributed by atoms with Crippen molar-refractivity contribution in [1.82, 2.24) is 15.3 Å². The molecule has 11 nitrogen and oxygen atoms in total. The van der Waals surface area contributed by atoms with E-state index < -0.39 is 40.7 Å². The third-order valence-corrected chi connectivity index (χ3v) is 4.80. The van der Waals surface area contributed by atoms with Gasteiger partial charge in [-0.15, -0.1) is 5.06 Å². The molecule has 0 aromatic carbocycles. The minimum absolute atomic E-state index is 0.00210. The molecule has 1 N–H and O–H groups in total. The predicted octanol–water partition coefficient (Wildman–Crippen LogP) is -0.0112. The van der Waals surface area contributed by atoms with Gasteiger partial charge in [0, 0.05) is 43.5 Å². The lowest BCUT2D eigenvalue weighted by atomic mass is 10.0. The zero-order valence-electron chi connectivity index (χ0n) is 18.1. The van der Waals surface area contributed by atoms with E-state index in [1.807, 2.05) is 0 Å². The molecule has 2 aliphatic rings. The van der Waals surface area contributed by atoms with Crippen LogP contribution < -0.4 is 5.32 Å². The average molecular weight is 437 g/mol. The van der Waals surface area contributed by atoms with Crippen LogP contribution in [0.2, 0.25) is 0 Å². The minimum Gasteiger partial charge on any atom is -0.364 e. The number of hydrogen-bond acceptors (Lipinski definition) is 8. The number of nitrogens with one attached hydrogen (secondary N) is 1. The summed E-state index contributed by atoms with van der Waals surface area (Å²) in [4.78, 5) is 76.5. The molecule has 2 rings (SSSR count). The van der Waals surface area contributed by atoms with Crippen LogP contribution in [0.25, 0.3) is 0 Å². The summed E-state index contributed by atoms with van der Waals surface area (Å²) in [5.41, 5.74) is -2.12. The van der Waals surface area contributed by atoms with Crippen LogP contribution in [0.4, 0.5) is 0 Å². The summed E-state index contributed by atoms with van der Waals surface area (Å²) >= 11 is 0. The Labute approximate surface area is 179 Å². The van der Waals surface area contributed by atoms with E-state index >= 15 is 0 Å². The minimum atomic E-state index is -1.42. The van der Waals surface area contributed by atoms with E-state index in [1.54, 1.807) is 13.8 Å². The molecular weight excluding hydrogens is 410 g/mol. The van der Waals surface area contributed by atoms with Crippen molar-refractivity contribution in [3.8, 4) is 0 Å². The molecule has 0 aromatic rings. The summed E-state index contributed by atoms with van der Waals surface area (Å²) in [6.45, 7) is 6.47. The van der Waals surface area contributed by atoms with Gasteiger partial charge in [0.15, 0.2) is 5.60 Å². The van der Waals surface area contributed by atoms with Crippen LogP contribution in [-0.4, -0.2) is 69.8 Å². The topological polar surface area (TPSA) is 139 Å². The molecule has 0 radical (unpaired) electrons. The van der Waals surface area contributed by atoms with Gasteiger partial charge in [-0.3, -0.25) is 28.9 Å². The Balaban J connectivity index is 1.76. The first-order chi connectivity index (χ1) is 14.3. The van der Waals surface area contributed by atoms with E-state index in [9.17, 15) is 28.8 Å². The Morgan fingerprint density at radius 1 is 1.00 bits per heavy atom. The van der Waals surface area contributed by atoms with Crippen LogP contribution in [-0.2, 0) is 38.3 Å². The Kier molecular flexibility index (Phi) is 7.32. The maximum Gasteiger partial charge on any atom is 0.364 e. The second-order valence-electron chi connectivity index (χ2n) is 8.41. The molecule has 0 spiro atoms. The standard InChI is InChI=1S/C20H27N3O8/c1-19(2,21-13(24)9-11-22-14(25)5-6-15(22)26)10-12-30-20(3,4)18(29)31-23-16(27)7-8-17(23)28/h5-6H,7-12H2,1-4H3,(H,21,24). The summed E-state index contributed by atoms with van der Waals surface area (Å²) < 4.78 is 5.58. The number of rotatable bonds is 10. The molecule has 0 atom stereocenters. The molecule has 5 amide bonds. The molecule has 2 aliphatic heterocycles. The second-order valence-corrected chi connectivity index (χ2v) is 8.41. The molecule has 11 heteroatoms. The summed E-state index contributed by atoms with van der Waals surface area (Å²) in [5, 5.41) is 3.25. The van der Waals surface area contributed by atoms with Crippen molar-refractivity contribution in [2.75, 3.05) is 13.2 Å². The smallest absolute Gasteiger partial charge is 0.364 e. The maximum atomic E-state index is 12.3. The first-order valence-electron chi connectivity index (χ1n) is 9.89. The lowest BCUT2D eigenvalue weighted by Crippen LogP contribution is -2.47. The largest absolute Gasteiger partial charge is 0.364 e. The quantitative estimate of drug-likeness (QED) is 0.471. The summed E-state index contributed by atoms with van der Waals surface area (Å²) in [7, 11) is 0. The van der Waals surface area contributed by atoms with Gasteiger partial charge >= 0.3 is 5.97 Å². The van der Waals surface area contributed by atoms with Crippen molar-refractivity contribution < 1.29 is 38.3 Å². The Bertz CT molecular complexity index is 796. The van der Waals surface area contributed by atoms with Crippen LogP contribution >= 0.6 is 0 Å². The van der Waals surface area contributed by atoms with Crippen molar-refractivity contribution in [3.63, 3.8) is 0 Å². The summed E-state index contributed by atoms with van der Waals surface area (Å²) in [6, 6.07) is 0. The number of hydroxylamine groups is 2. The number of hydrogen-bond donors (Lipinski definition) is 1. The highest BCUT2D eigenvalue weighted by atomic mass is 16.7. The molecule has 1 fully saturated rings. The maximum absolute atomic E-state index is 12.3. The van der Waals surface area contributed by atoms with E-state index in [-0.39, 0.29) is 38.3 Å². The van der Waals surface area contributed by atoms with E-state index in [1.165, 1.54) is 13.8 Å². The van der Waals surface area contributed by atoms with Gasteiger partial charge in [0.05, 0.1) is 6.61 Å². The predicted molar refractivity (Wildman–Crippen MR) is 105 cm³/mol. The van der Waals surface area contributed by atoms with Gasteiger partial charge in [0.2, 0.25) is 5.91 Å². The van der Waals surface area contributed by atoms with Crippen LogP contribution in [0.15, 0.2) is 12.2 Å². The number of nitrogens with zero attached hydrogens (tertiary/aromatic N) is 2. The third-order valence-electron chi connectivity index (χ3n) is 4.80. The number of carbonyl (C=O) groups is 6. The van der Waals surface area contributed by atoms with Gasteiger partial charge in [0.1, 0.15) is 0 Å². The second kappa shape index (κ2) is 9.38. The fraction of sp³-hybridized carbons (Fsp3) is 0.600. The molecule has 2 heterocycles. The Morgan fingerprint density at radius 2 is 1.55 bits per heavy atom. The number of ether oxygens (including phenoxy) is 1.